The number of thioether (sulfide) groups is 1. The van der Waals surface area contributed by atoms with Gasteiger partial charge in [0.1, 0.15) is 0 Å². The number of hydrogen-bond donors (Lipinski definition) is 0. The normalized spacial score (nSPS) is 20.1. The molecular formula is C13H19NS. The zero-order valence-electron chi connectivity index (χ0n) is 9.36. The summed E-state index contributed by atoms with van der Waals surface area (Å²) in [6, 6.07) is 11.5. The van der Waals surface area contributed by atoms with E-state index in [4.69, 9.17) is 0 Å². The first-order valence-corrected chi connectivity index (χ1v) is 6.94. The van der Waals surface area contributed by atoms with E-state index in [-0.39, 0.29) is 0 Å². The lowest BCUT2D eigenvalue weighted by Gasteiger charge is -2.34. The summed E-state index contributed by atoms with van der Waals surface area (Å²) in [6.45, 7) is 4.79. The second kappa shape index (κ2) is 5.57. The molecule has 0 amide bonds. The van der Waals surface area contributed by atoms with Crippen molar-refractivity contribution in [2.75, 3.05) is 24.6 Å². The molecule has 1 fully saturated rings. The molecule has 1 aliphatic rings. The van der Waals surface area contributed by atoms with Crippen molar-refractivity contribution in [1.82, 2.24) is 4.90 Å². The van der Waals surface area contributed by atoms with Gasteiger partial charge in [-0.2, -0.15) is 11.8 Å². The third-order valence-corrected chi connectivity index (χ3v) is 4.00. The van der Waals surface area contributed by atoms with Crippen molar-refractivity contribution in [2.45, 2.75) is 19.4 Å². The van der Waals surface area contributed by atoms with Crippen LogP contribution in [0.2, 0.25) is 0 Å². The highest BCUT2D eigenvalue weighted by atomic mass is 32.2. The van der Waals surface area contributed by atoms with Crippen LogP contribution in [0.3, 0.4) is 0 Å². The lowest BCUT2D eigenvalue weighted by atomic mass is 10.0. The van der Waals surface area contributed by atoms with Gasteiger partial charge in [0.2, 0.25) is 0 Å². The molecule has 1 atom stereocenters. The smallest absolute Gasteiger partial charge is 0.0346 e. The zero-order chi connectivity index (χ0) is 10.5. The highest BCUT2D eigenvalue weighted by Gasteiger charge is 2.20. The molecule has 1 aliphatic heterocycles. The molecular weight excluding hydrogens is 202 g/mol. The lowest BCUT2D eigenvalue weighted by molar-refractivity contribution is 0.212. The lowest BCUT2D eigenvalue weighted by Crippen LogP contribution is -2.35. The summed E-state index contributed by atoms with van der Waals surface area (Å²) >= 11 is 2.08. The Balaban J connectivity index is 2.09. The van der Waals surface area contributed by atoms with E-state index < -0.39 is 0 Å². The van der Waals surface area contributed by atoms with E-state index >= 15 is 0 Å². The van der Waals surface area contributed by atoms with Gasteiger partial charge in [-0.3, -0.25) is 4.90 Å². The summed E-state index contributed by atoms with van der Waals surface area (Å²) in [6.07, 6.45) is 1.22. The van der Waals surface area contributed by atoms with Gasteiger partial charge in [-0.1, -0.05) is 37.3 Å². The van der Waals surface area contributed by atoms with E-state index in [0.29, 0.717) is 6.04 Å². The van der Waals surface area contributed by atoms with Crippen LogP contribution in [0.5, 0.6) is 0 Å². The average molecular weight is 221 g/mol. The first kappa shape index (κ1) is 11.0. The fraction of sp³-hybridized carbons (Fsp3) is 0.538. The Bertz CT molecular complexity index is 280. The Hall–Kier alpha value is -0.470. The van der Waals surface area contributed by atoms with Crippen molar-refractivity contribution < 1.29 is 0 Å². The topological polar surface area (TPSA) is 3.24 Å². The van der Waals surface area contributed by atoms with Gasteiger partial charge >= 0.3 is 0 Å². The second-order valence-electron chi connectivity index (χ2n) is 3.98. The highest BCUT2D eigenvalue weighted by Crippen LogP contribution is 2.26. The van der Waals surface area contributed by atoms with Crippen LogP contribution in [0.1, 0.15) is 24.9 Å². The quantitative estimate of drug-likeness (QED) is 0.771. The van der Waals surface area contributed by atoms with E-state index in [0.717, 1.165) is 0 Å². The van der Waals surface area contributed by atoms with Crippen molar-refractivity contribution >= 4 is 11.8 Å². The molecule has 1 saturated heterocycles. The van der Waals surface area contributed by atoms with Crippen LogP contribution in [-0.2, 0) is 0 Å². The van der Waals surface area contributed by atoms with Gasteiger partial charge in [-0.25, -0.2) is 0 Å². The minimum atomic E-state index is 0.632. The summed E-state index contributed by atoms with van der Waals surface area (Å²) in [5.74, 6) is 2.59. The SMILES string of the molecule is CC[C@@H](c1ccccc1)N1CCSCC1. The monoisotopic (exact) mass is 221 g/mol. The molecule has 0 N–H and O–H groups in total. The van der Waals surface area contributed by atoms with Gasteiger partial charge in [0.05, 0.1) is 0 Å². The second-order valence-corrected chi connectivity index (χ2v) is 5.21. The molecule has 0 bridgehead atoms. The highest BCUT2D eigenvalue weighted by molar-refractivity contribution is 7.99. The van der Waals surface area contributed by atoms with Crippen molar-refractivity contribution in [3.63, 3.8) is 0 Å². The molecule has 0 aromatic heterocycles. The third kappa shape index (κ3) is 2.76. The van der Waals surface area contributed by atoms with Gasteiger partial charge in [-0.15, -0.1) is 0 Å². The first-order chi connectivity index (χ1) is 7.42. The molecule has 1 aromatic rings. The maximum atomic E-state index is 2.63. The van der Waals surface area contributed by atoms with Crippen molar-refractivity contribution in [2.24, 2.45) is 0 Å². The molecule has 1 aromatic carbocycles. The van der Waals surface area contributed by atoms with Gasteiger partial charge in [0.25, 0.3) is 0 Å². The Labute approximate surface area is 96.9 Å². The van der Waals surface area contributed by atoms with E-state index in [1.807, 2.05) is 0 Å². The standard InChI is InChI=1S/C13H19NS/c1-2-13(12-6-4-3-5-7-12)14-8-10-15-11-9-14/h3-7,13H,2,8-11H2,1H3/t13-/m0/s1. The summed E-state index contributed by atoms with van der Waals surface area (Å²) in [7, 11) is 0. The van der Waals surface area contributed by atoms with Crippen molar-refractivity contribution in [1.29, 1.82) is 0 Å². The summed E-state index contributed by atoms with van der Waals surface area (Å²) in [5.41, 5.74) is 1.48. The predicted octanol–water partition coefficient (Wildman–Crippen LogP) is 3.19. The fourth-order valence-electron chi connectivity index (χ4n) is 2.27. The van der Waals surface area contributed by atoms with Crippen LogP contribution in [0, 0.1) is 0 Å². The zero-order valence-corrected chi connectivity index (χ0v) is 10.2. The summed E-state index contributed by atoms with van der Waals surface area (Å²) in [5, 5.41) is 0. The number of benzene rings is 1. The van der Waals surface area contributed by atoms with Crippen molar-refractivity contribution in [3.8, 4) is 0 Å². The Kier molecular flexibility index (Phi) is 4.09. The minimum absolute atomic E-state index is 0.632. The molecule has 0 radical (unpaired) electrons. The summed E-state index contributed by atoms with van der Waals surface area (Å²) in [4.78, 5) is 2.63. The first-order valence-electron chi connectivity index (χ1n) is 5.78. The maximum absolute atomic E-state index is 2.63. The largest absolute Gasteiger partial charge is 0.295 e. The number of nitrogens with zero attached hydrogens (tertiary/aromatic N) is 1. The molecule has 0 saturated carbocycles. The number of rotatable bonds is 3. The average Bonchev–Trinajstić information content (AvgIpc) is 2.33. The van der Waals surface area contributed by atoms with Crippen LogP contribution in [0.15, 0.2) is 30.3 Å². The van der Waals surface area contributed by atoms with E-state index in [1.165, 1.54) is 36.6 Å². The van der Waals surface area contributed by atoms with E-state index in [9.17, 15) is 0 Å². The predicted molar refractivity (Wildman–Crippen MR) is 68.4 cm³/mol. The molecule has 1 heterocycles. The molecule has 0 unspecified atom stereocenters. The van der Waals surface area contributed by atoms with Gasteiger partial charge in [0, 0.05) is 30.6 Å². The molecule has 2 heteroatoms. The van der Waals surface area contributed by atoms with Crippen LogP contribution in [0.4, 0.5) is 0 Å². The van der Waals surface area contributed by atoms with Gasteiger partial charge in [-0.05, 0) is 12.0 Å². The van der Waals surface area contributed by atoms with Crippen LogP contribution >= 0.6 is 11.8 Å². The van der Waals surface area contributed by atoms with Crippen LogP contribution < -0.4 is 0 Å². The van der Waals surface area contributed by atoms with Gasteiger partial charge in [0.15, 0.2) is 0 Å². The van der Waals surface area contributed by atoms with Crippen molar-refractivity contribution in [3.05, 3.63) is 35.9 Å². The molecule has 0 spiro atoms. The minimum Gasteiger partial charge on any atom is -0.295 e. The van der Waals surface area contributed by atoms with E-state index in [1.54, 1.807) is 0 Å². The third-order valence-electron chi connectivity index (χ3n) is 3.06. The molecule has 82 valence electrons. The summed E-state index contributed by atoms with van der Waals surface area (Å²) < 4.78 is 0. The Morgan fingerprint density at radius 2 is 1.87 bits per heavy atom. The maximum Gasteiger partial charge on any atom is 0.0346 e. The molecule has 2 rings (SSSR count). The molecule has 1 nitrogen and oxygen atoms in total. The van der Waals surface area contributed by atoms with E-state index in [2.05, 4.69) is 53.9 Å². The van der Waals surface area contributed by atoms with Crippen LogP contribution in [-0.4, -0.2) is 29.5 Å². The Morgan fingerprint density at radius 1 is 1.20 bits per heavy atom. The molecule has 15 heavy (non-hydrogen) atoms. The number of hydrogen-bond acceptors (Lipinski definition) is 2. The van der Waals surface area contributed by atoms with Crippen LogP contribution in [0.25, 0.3) is 0 Å². The van der Waals surface area contributed by atoms with Gasteiger partial charge < -0.3 is 0 Å². The molecule has 0 aliphatic carbocycles. The fourth-order valence-corrected chi connectivity index (χ4v) is 3.20. The Morgan fingerprint density at radius 3 is 2.47 bits per heavy atom.